The van der Waals surface area contributed by atoms with Gasteiger partial charge in [0.2, 0.25) is 5.43 Å². The van der Waals surface area contributed by atoms with Gasteiger partial charge in [-0.1, -0.05) is 25.5 Å². The Morgan fingerprint density at radius 2 is 2.11 bits per heavy atom. The molecule has 146 valence electrons. The number of hydrogen-bond donors (Lipinski definition) is 2. The van der Waals surface area contributed by atoms with Crippen molar-refractivity contribution in [2.75, 3.05) is 11.9 Å². The topological polar surface area (TPSA) is 93.8 Å². The van der Waals surface area contributed by atoms with Gasteiger partial charge in [-0.15, -0.1) is 0 Å². The monoisotopic (exact) mass is 380 g/mol. The van der Waals surface area contributed by atoms with E-state index in [1.807, 2.05) is 37.5 Å². The van der Waals surface area contributed by atoms with Gasteiger partial charge >= 0.3 is 6.03 Å². The molecule has 0 unspecified atom stereocenters. The fourth-order valence-corrected chi connectivity index (χ4v) is 2.75. The molecule has 3 aromatic rings. The number of amides is 2. The zero-order valence-electron chi connectivity index (χ0n) is 16.1. The first-order chi connectivity index (χ1) is 13.5. The van der Waals surface area contributed by atoms with Gasteiger partial charge in [0.05, 0.1) is 12.4 Å². The van der Waals surface area contributed by atoms with Crippen LogP contribution in [0.15, 0.2) is 53.7 Å². The molecule has 0 aliphatic heterocycles. The summed E-state index contributed by atoms with van der Waals surface area (Å²) in [4.78, 5) is 24.2. The minimum Gasteiger partial charge on any atom is -0.338 e. The van der Waals surface area contributed by atoms with Crippen LogP contribution < -0.4 is 16.1 Å². The van der Waals surface area contributed by atoms with Crippen molar-refractivity contribution >= 4 is 11.7 Å². The van der Waals surface area contributed by atoms with Gasteiger partial charge in [0.15, 0.2) is 0 Å². The quantitative estimate of drug-likeness (QED) is 0.616. The molecule has 0 bridgehead atoms. The maximum absolute atomic E-state index is 12.2. The molecule has 2 amide bonds. The molecule has 0 aliphatic rings. The molecule has 0 fully saturated rings. The molecule has 0 aliphatic carbocycles. The van der Waals surface area contributed by atoms with Crippen LogP contribution in [0.5, 0.6) is 0 Å². The van der Waals surface area contributed by atoms with Crippen LogP contribution >= 0.6 is 0 Å². The molecule has 3 rings (SSSR count). The fourth-order valence-electron chi connectivity index (χ4n) is 2.75. The van der Waals surface area contributed by atoms with E-state index in [1.165, 1.54) is 6.07 Å². The van der Waals surface area contributed by atoms with Crippen LogP contribution in [0.25, 0.3) is 5.69 Å². The Balaban J connectivity index is 1.73. The van der Waals surface area contributed by atoms with Crippen molar-refractivity contribution in [3.8, 4) is 5.69 Å². The summed E-state index contributed by atoms with van der Waals surface area (Å²) in [7, 11) is 1.82. The van der Waals surface area contributed by atoms with Gasteiger partial charge in [-0.25, -0.2) is 9.48 Å². The second-order valence-electron chi connectivity index (χ2n) is 6.56. The lowest BCUT2D eigenvalue weighted by atomic mass is 10.1. The number of carbonyl (C=O) groups excluding carboxylic acids is 1. The molecule has 0 atom stereocenters. The molecule has 2 N–H and O–H groups in total. The number of benzene rings is 1. The SMILES string of the molecule is CCCCNC(=O)Nc1cccc(Cc2nn(-c3cnn(C)c3)ccc2=O)c1. The van der Waals surface area contributed by atoms with Crippen LogP contribution in [0, 0.1) is 0 Å². The first kappa shape index (κ1) is 19.3. The first-order valence-corrected chi connectivity index (χ1v) is 9.27. The number of aromatic nitrogens is 4. The zero-order chi connectivity index (χ0) is 19.9. The van der Waals surface area contributed by atoms with Crippen LogP contribution in [-0.2, 0) is 13.5 Å². The van der Waals surface area contributed by atoms with E-state index in [0.29, 0.717) is 24.3 Å². The zero-order valence-corrected chi connectivity index (χ0v) is 16.1. The van der Waals surface area contributed by atoms with Gasteiger partial charge in [0.1, 0.15) is 11.4 Å². The van der Waals surface area contributed by atoms with Crippen LogP contribution in [0.1, 0.15) is 31.0 Å². The van der Waals surface area contributed by atoms with Crippen molar-refractivity contribution < 1.29 is 4.79 Å². The number of carbonyl (C=O) groups is 1. The summed E-state index contributed by atoms with van der Waals surface area (Å²) < 4.78 is 3.31. The van der Waals surface area contributed by atoms with Crippen LogP contribution in [-0.4, -0.2) is 32.1 Å². The van der Waals surface area contributed by atoms with Crippen molar-refractivity contribution in [1.29, 1.82) is 0 Å². The number of aryl methyl sites for hydroxylation is 1. The lowest BCUT2D eigenvalue weighted by Gasteiger charge is -2.09. The summed E-state index contributed by atoms with van der Waals surface area (Å²) in [5.41, 5.74) is 2.64. The third-order valence-corrected chi connectivity index (χ3v) is 4.21. The number of anilines is 1. The van der Waals surface area contributed by atoms with Crippen LogP contribution in [0.2, 0.25) is 0 Å². The van der Waals surface area contributed by atoms with Gasteiger partial charge in [-0.2, -0.15) is 10.2 Å². The van der Waals surface area contributed by atoms with Crippen molar-refractivity contribution in [2.45, 2.75) is 26.2 Å². The van der Waals surface area contributed by atoms with E-state index in [-0.39, 0.29) is 11.5 Å². The lowest BCUT2D eigenvalue weighted by Crippen LogP contribution is -2.29. The van der Waals surface area contributed by atoms with E-state index in [2.05, 4.69) is 27.8 Å². The molecule has 1 aromatic carbocycles. The molecule has 0 spiro atoms. The minimum atomic E-state index is -0.234. The van der Waals surface area contributed by atoms with E-state index in [4.69, 9.17) is 0 Å². The molecule has 28 heavy (non-hydrogen) atoms. The number of hydrogen-bond acceptors (Lipinski definition) is 4. The van der Waals surface area contributed by atoms with Crippen LogP contribution in [0.4, 0.5) is 10.5 Å². The molecular formula is C20H24N6O2. The largest absolute Gasteiger partial charge is 0.338 e. The predicted octanol–water partition coefficient (Wildman–Crippen LogP) is 2.48. The third-order valence-electron chi connectivity index (χ3n) is 4.21. The molecule has 2 heterocycles. The van der Waals surface area contributed by atoms with Crippen LogP contribution in [0.3, 0.4) is 0 Å². The Labute approximate surface area is 163 Å². The summed E-state index contributed by atoms with van der Waals surface area (Å²) in [6.45, 7) is 2.72. The summed E-state index contributed by atoms with van der Waals surface area (Å²) in [5, 5.41) is 14.2. The Hall–Kier alpha value is -3.42. The van der Waals surface area contributed by atoms with Crippen molar-refractivity contribution in [3.05, 3.63) is 70.4 Å². The maximum atomic E-state index is 12.2. The van der Waals surface area contributed by atoms with E-state index in [0.717, 1.165) is 24.1 Å². The van der Waals surface area contributed by atoms with Gasteiger partial charge in [0, 0.05) is 38.0 Å². The highest BCUT2D eigenvalue weighted by molar-refractivity contribution is 5.89. The number of unbranched alkanes of at least 4 members (excludes halogenated alkanes) is 1. The molecule has 0 saturated carbocycles. The van der Waals surface area contributed by atoms with Crippen molar-refractivity contribution in [2.24, 2.45) is 7.05 Å². The molecule has 2 aromatic heterocycles. The Bertz CT molecular complexity index is 1010. The van der Waals surface area contributed by atoms with Gasteiger partial charge in [-0.05, 0) is 24.1 Å². The minimum absolute atomic E-state index is 0.129. The summed E-state index contributed by atoms with van der Waals surface area (Å²) in [6.07, 6.45) is 7.47. The summed E-state index contributed by atoms with van der Waals surface area (Å²) >= 11 is 0. The first-order valence-electron chi connectivity index (χ1n) is 9.27. The average molecular weight is 380 g/mol. The fraction of sp³-hybridized carbons (Fsp3) is 0.300. The number of urea groups is 1. The molecule has 0 radical (unpaired) electrons. The predicted molar refractivity (Wildman–Crippen MR) is 108 cm³/mol. The smallest absolute Gasteiger partial charge is 0.319 e. The Morgan fingerprint density at radius 3 is 2.86 bits per heavy atom. The van der Waals surface area contributed by atoms with Gasteiger partial charge < -0.3 is 10.6 Å². The Morgan fingerprint density at radius 1 is 1.25 bits per heavy atom. The Kier molecular flexibility index (Phi) is 6.21. The van der Waals surface area contributed by atoms with Crippen molar-refractivity contribution in [3.63, 3.8) is 0 Å². The third kappa shape index (κ3) is 5.06. The normalized spacial score (nSPS) is 10.6. The summed E-state index contributed by atoms with van der Waals surface area (Å²) in [5.74, 6) is 0. The van der Waals surface area contributed by atoms with Crippen molar-refractivity contribution in [1.82, 2.24) is 24.9 Å². The van der Waals surface area contributed by atoms with E-state index in [9.17, 15) is 9.59 Å². The lowest BCUT2D eigenvalue weighted by molar-refractivity contribution is 0.252. The second-order valence-corrected chi connectivity index (χ2v) is 6.56. The highest BCUT2D eigenvalue weighted by Gasteiger charge is 2.08. The van der Waals surface area contributed by atoms with E-state index < -0.39 is 0 Å². The number of nitrogens with zero attached hydrogens (tertiary/aromatic N) is 4. The highest BCUT2D eigenvalue weighted by Crippen LogP contribution is 2.13. The van der Waals surface area contributed by atoms with Gasteiger partial charge in [-0.3, -0.25) is 9.48 Å². The molecule has 8 nitrogen and oxygen atoms in total. The highest BCUT2D eigenvalue weighted by atomic mass is 16.2. The summed E-state index contributed by atoms with van der Waals surface area (Å²) in [6, 6.07) is 8.68. The molecular weight excluding hydrogens is 356 g/mol. The number of nitrogens with one attached hydrogen (secondary N) is 2. The maximum Gasteiger partial charge on any atom is 0.319 e. The molecule has 0 saturated heterocycles. The standard InChI is InChI=1S/C20H24N6O2/c1-3-4-9-21-20(28)23-16-7-5-6-15(11-16)12-18-19(27)8-10-26(24-18)17-13-22-25(2)14-17/h5-8,10-11,13-14H,3-4,9,12H2,1-2H3,(H2,21,23,28). The molecule has 8 heteroatoms. The average Bonchev–Trinajstić information content (AvgIpc) is 3.10. The van der Waals surface area contributed by atoms with E-state index >= 15 is 0 Å². The van der Waals surface area contributed by atoms with Gasteiger partial charge in [0.25, 0.3) is 0 Å². The number of rotatable bonds is 7. The van der Waals surface area contributed by atoms with E-state index in [1.54, 1.807) is 21.8 Å². The second kappa shape index (κ2) is 8.98.